The van der Waals surface area contributed by atoms with Crippen molar-refractivity contribution in [2.45, 2.75) is 25.4 Å². The Morgan fingerprint density at radius 3 is 2.76 bits per heavy atom. The second kappa shape index (κ2) is 4.84. The minimum Gasteiger partial charge on any atom is -0.493 e. The molecule has 1 fully saturated rings. The van der Waals surface area contributed by atoms with E-state index in [0.717, 1.165) is 12.8 Å². The van der Waals surface area contributed by atoms with E-state index in [-0.39, 0.29) is 12.5 Å². The summed E-state index contributed by atoms with van der Waals surface area (Å²) in [5, 5.41) is 9.13. The Hall–Kier alpha value is -1.42. The maximum absolute atomic E-state index is 10.6. The quantitative estimate of drug-likeness (QED) is 0.880. The van der Waals surface area contributed by atoms with Crippen molar-refractivity contribution in [3.8, 4) is 11.5 Å². The Balaban J connectivity index is 2.28. The number of methoxy groups -OCH3 is 1. The monoisotopic (exact) mass is 256 g/mol. The zero-order valence-electron chi connectivity index (χ0n) is 9.40. The molecule has 0 unspecified atom stereocenters. The van der Waals surface area contributed by atoms with Crippen molar-refractivity contribution < 1.29 is 19.4 Å². The average molecular weight is 257 g/mol. The van der Waals surface area contributed by atoms with Gasteiger partial charge in [-0.15, -0.1) is 0 Å². The van der Waals surface area contributed by atoms with E-state index in [2.05, 4.69) is 0 Å². The summed E-state index contributed by atoms with van der Waals surface area (Å²) in [6, 6.07) is 3.26. The van der Waals surface area contributed by atoms with Gasteiger partial charge in [0.15, 0.2) is 11.5 Å². The fourth-order valence-electron chi connectivity index (χ4n) is 1.52. The van der Waals surface area contributed by atoms with Gasteiger partial charge in [-0.1, -0.05) is 11.6 Å². The standard InChI is InChI=1S/C12H13ClO4/c1-16-10-5-7(6-11(14)15)4-9(13)12(10)17-8-2-3-8/h4-5,8H,2-3,6H2,1H3,(H,14,15). The van der Waals surface area contributed by atoms with Crippen LogP contribution in [0.2, 0.25) is 5.02 Å². The van der Waals surface area contributed by atoms with Gasteiger partial charge in [0.2, 0.25) is 0 Å². The summed E-state index contributed by atoms with van der Waals surface area (Å²) in [5.41, 5.74) is 0.600. The minimum atomic E-state index is -0.904. The second-order valence-corrected chi connectivity index (χ2v) is 4.40. The minimum absolute atomic E-state index is 0.0835. The van der Waals surface area contributed by atoms with E-state index < -0.39 is 5.97 Å². The molecule has 92 valence electrons. The van der Waals surface area contributed by atoms with Crippen molar-refractivity contribution in [2.75, 3.05) is 7.11 Å². The molecule has 1 aromatic rings. The lowest BCUT2D eigenvalue weighted by Crippen LogP contribution is -2.03. The first kappa shape index (κ1) is 12.0. The van der Waals surface area contributed by atoms with Crippen molar-refractivity contribution in [3.63, 3.8) is 0 Å². The number of aliphatic carboxylic acids is 1. The molecule has 1 aliphatic carbocycles. The second-order valence-electron chi connectivity index (χ2n) is 4.00. The van der Waals surface area contributed by atoms with Crippen LogP contribution in [0.15, 0.2) is 12.1 Å². The number of carbonyl (C=O) groups is 1. The largest absolute Gasteiger partial charge is 0.493 e. The molecule has 1 N–H and O–H groups in total. The van der Waals surface area contributed by atoms with Gasteiger partial charge >= 0.3 is 5.97 Å². The summed E-state index contributed by atoms with van der Waals surface area (Å²) in [4.78, 5) is 10.6. The summed E-state index contributed by atoms with van der Waals surface area (Å²) in [7, 11) is 1.51. The van der Waals surface area contributed by atoms with E-state index >= 15 is 0 Å². The number of carboxylic acids is 1. The molecule has 0 bridgehead atoms. The third-order valence-corrected chi connectivity index (χ3v) is 2.73. The first-order chi connectivity index (χ1) is 8.10. The first-order valence-electron chi connectivity index (χ1n) is 5.35. The zero-order chi connectivity index (χ0) is 12.4. The topological polar surface area (TPSA) is 55.8 Å². The van der Waals surface area contributed by atoms with Gasteiger partial charge in [-0.25, -0.2) is 0 Å². The lowest BCUT2D eigenvalue weighted by Gasteiger charge is -2.13. The van der Waals surface area contributed by atoms with Gasteiger partial charge in [0.25, 0.3) is 0 Å². The molecule has 0 amide bonds. The number of hydrogen-bond acceptors (Lipinski definition) is 3. The molecule has 0 aliphatic heterocycles. The molecule has 1 saturated carbocycles. The molecule has 0 atom stereocenters. The predicted molar refractivity (Wildman–Crippen MR) is 63.0 cm³/mol. The maximum atomic E-state index is 10.6. The predicted octanol–water partition coefficient (Wildman–Crippen LogP) is 2.52. The normalized spacial score (nSPS) is 14.5. The van der Waals surface area contributed by atoms with E-state index in [1.54, 1.807) is 12.1 Å². The lowest BCUT2D eigenvalue weighted by molar-refractivity contribution is -0.136. The molecule has 1 aliphatic rings. The molecule has 0 spiro atoms. The van der Waals surface area contributed by atoms with Gasteiger partial charge in [0, 0.05) is 0 Å². The van der Waals surface area contributed by atoms with Crippen LogP contribution < -0.4 is 9.47 Å². The molecular formula is C12H13ClO4. The molecule has 1 aromatic carbocycles. The fourth-order valence-corrected chi connectivity index (χ4v) is 1.79. The van der Waals surface area contributed by atoms with Crippen LogP contribution in [0, 0.1) is 0 Å². The molecule has 0 heterocycles. The number of halogens is 1. The summed E-state index contributed by atoms with van der Waals surface area (Å²) < 4.78 is 10.8. The highest BCUT2D eigenvalue weighted by atomic mass is 35.5. The summed E-state index contributed by atoms with van der Waals surface area (Å²) >= 11 is 6.07. The third-order valence-electron chi connectivity index (χ3n) is 2.45. The van der Waals surface area contributed by atoms with Gasteiger partial charge < -0.3 is 14.6 Å². The van der Waals surface area contributed by atoms with Crippen molar-refractivity contribution >= 4 is 17.6 Å². The Morgan fingerprint density at radius 2 is 2.24 bits per heavy atom. The number of hydrogen-bond donors (Lipinski definition) is 1. The first-order valence-corrected chi connectivity index (χ1v) is 5.73. The molecule has 4 nitrogen and oxygen atoms in total. The van der Waals surface area contributed by atoms with Gasteiger partial charge in [-0.2, -0.15) is 0 Å². The number of benzene rings is 1. The average Bonchev–Trinajstić information content (AvgIpc) is 3.04. The number of rotatable bonds is 5. The third kappa shape index (κ3) is 3.03. The van der Waals surface area contributed by atoms with Gasteiger partial charge in [-0.3, -0.25) is 4.79 Å². The molecule has 0 aromatic heterocycles. The summed E-state index contributed by atoms with van der Waals surface area (Å²) in [6.07, 6.45) is 2.18. The van der Waals surface area contributed by atoms with Crippen molar-refractivity contribution in [1.82, 2.24) is 0 Å². The highest BCUT2D eigenvalue weighted by Gasteiger charge is 2.26. The van der Waals surface area contributed by atoms with Crippen molar-refractivity contribution in [3.05, 3.63) is 22.7 Å². The van der Waals surface area contributed by atoms with Gasteiger partial charge in [0.1, 0.15) is 0 Å². The highest BCUT2D eigenvalue weighted by molar-refractivity contribution is 6.32. The van der Waals surface area contributed by atoms with Crippen LogP contribution in [-0.4, -0.2) is 24.3 Å². The van der Waals surface area contributed by atoms with Crippen LogP contribution in [0.4, 0.5) is 0 Å². The lowest BCUT2D eigenvalue weighted by atomic mass is 10.1. The smallest absolute Gasteiger partial charge is 0.307 e. The zero-order valence-corrected chi connectivity index (χ0v) is 10.2. The van der Waals surface area contributed by atoms with Crippen LogP contribution >= 0.6 is 11.6 Å². The van der Waals surface area contributed by atoms with Crippen LogP contribution in [0.1, 0.15) is 18.4 Å². The number of carboxylic acid groups (broad SMARTS) is 1. The Morgan fingerprint density at radius 1 is 1.53 bits per heavy atom. The van der Waals surface area contributed by atoms with E-state index in [9.17, 15) is 4.79 Å². The maximum Gasteiger partial charge on any atom is 0.307 e. The van der Waals surface area contributed by atoms with Crippen molar-refractivity contribution in [2.24, 2.45) is 0 Å². The fraction of sp³-hybridized carbons (Fsp3) is 0.417. The molecule has 0 radical (unpaired) electrons. The Bertz CT molecular complexity index is 440. The Labute approximate surface area is 104 Å². The van der Waals surface area contributed by atoms with Crippen LogP contribution in [0.3, 0.4) is 0 Å². The van der Waals surface area contributed by atoms with E-state index in [1.165, 1.54) is 7.11 Å². The van der Waals surface area contributed by atoms with Crippen LogP contribution in [0.25, 0.3) is 0 Å². The van der Waals surface area contributed by atoms with Crippen LogP contribution in [0.5, 0.6) is 11.5 Å². The number of ether oxygens (including phenoxy) is 2. The van der Waals surface area contributed by atoms with Gasteiger partial charge in [0.05, 0.1) is 24.7 Å². The van der Waals surface area contributed by atoms with Gasteiger partial charge in [-0.05, 0) is 30.5 Å². The van der Waals surface area contributed by atoms with E-state index in [4.69, 9.17) is 26.2 Å². The van der Waals surface area contributed by atoms with E-state index in [1.807, 2.05) is 0 Å². The molecule has 2 rings (SSSR count). The molecular weight excluding hydrogens is 244 g/mol. The molecule has 5 heteroatoms. The molecule has 0 saturated heterocycles. The molecule has 17 heavy (non-hydrogen) atoms. The van der Waals surface area contributed by atoms with Crippen LogP contribution in [-0.2, 0) is 11.2 Å². The highest BCUT2D eigenvalue weighted by Crippen LogP contribution is 2.40. The van der Waals surface area contributed by atoms with E-state index in [0.29, 0.717) is 22.1 Å². The SMILES string of the molecule is COc1cc(CC(=O)O)cc(Cl)c1OC1CC1. The summed E-state index contributed by atoms with van der Waals surface area (Å²) in [5.74, 6) is 0.0884. The summed E-state index contributed by atoms with van der Waals surface area (Å²) in [6.45, 7) is 0. The van der Waals surface area contributed by atoms with Crippen molar-refractivity contribution in [1.29, 1.82) is 0 Å². The Kier molecular flexibility index (Phi) is 3.43.